The van der Waals surface area contributed by atoms with Crippen LogP contribution in [0.2, 0.25) is 5.02 Å². The van der Waals surface area contributed by atoms with Crippen molar-refractivity contribution in [2.45, 2.75) is 19.9 Å². The number of rotatable bonds is 5. The fourth-order valence-electron chi connectivity index (χ4n) is 4.25. The van der Waals surface area contributed by atoms with E-state index in [9.17, 15) is 9.59 Å². The number of carbonyl (C=O) groups is 2. The van der Waals surface area contributed by atoms with Gasteiger partial charge >= 0.3 is 0 Å². The van der Waals surface area contributed by atoms with Crippen molar-refractivity contribution in [2.24, 2.45) is 0 Å². The molecule has 7 nitrogen and oxygen atoms in total. The number of aromatic nitrogens is 2. The highest BCUT2D eigenvalue weighted by atomic mass is 35.5. The summed E-state index contributed by atoms with van der Waals surface area (Å²) in [6.45, 7) is 3.79. The highest BCUT2D eigenvalue weighted by Gasteiger charge is 2.36. The third kappa shape index (κ3) is 4.48. The standard InChI is InChI=1S/C28H24ClN5O2/c1-17-12-14-20(15-13-17)32-27(35)22-16-30-34-25(21-10-6-7-11-23(21)29)24(18(2)31-26(22)34)28(36)33-19-8-4-3-5-9-19/h3-16,25,31H,1-2H3,(H,32,35)(H,33,36)/t25-/m1/s1. The monoisotopic (exact) mass is 497 g/mol. The normalized spacial score (nSPS) is 14.6. The van der Waals surface area contributed by atoms with E-state index in [1.54, 1.807) is 10.7 Å². The van der Waals surface area contributed by atoms with Crippen molar-refractivity contribution in [2.75, 3.05) is 16.0 Å². The van der Waals surface area contributed by atoms with E-state index in [0.717, 1.165) is 5.56 Å². The summed E-state index contributed by atoms with van der Waals surface area (Å²) >= 11 is 6.60. The van der Waals surface area contributed by atoms with E-state index < -0.39 is 6.04 Å². The minimum absolute atomic E-state index is 0.289. The number of hydrogen-bond donors (Lipinski definition) is 3. The summed E-state index contributed by atoms with van der Waals surface area (Å²) in [5.41, 5.74) is 4.56. The Morgan fingerprint density at radius 2 is 1.50 bits per heavy atom. The number of amides is 2. The van der Waals surface area contributed by atoms with Crippen molar-refractivity contribution < 1.29 is 9.59 Å². The number of hydrogen-bond acceptors (Lipinski definition) is 4. The average Bonchev–Trinajstić information content (AvgIpc) is 3.29. The van der Waals surface area contributed by atoms with E-state index >= 15 is 0 Å². The van der Waals surface area contributed by atoms with Gasteiger partial charge in [0.1, 0.15) is 17.4 Å². The van der Waals surface area contributed by atoms with Crippen LogP contribution in [0.1, 0.15) is 34.5 Å². The predicted octanol–water partition coefficient (Wildman–Crippen LogP) is 6.02. The van der Waals surface area contributed by atoms with Crippen molar-refractivity contribution >= 4 is 40.6 Å². The molecule has 3 aromatic carbocycles. The Kier molecular flexibility index (Phi) is 6.31. The van der Waals surface area contributed by atoms with E-state index in [2.05, 4.69) is 21.0 Å². The molecule has 0 fully saturated rings. The molecule has 0 spiro atoms. The van der Waals surface area contributed by atoms with Crippen LogP contribution in [0, 0.1) is 6.92 Å². The maximum atomic E-state index is 13.5. The maximum Gasteiger partial charge on any atom is 0.261 e. The number of anilines is 3. The highest BCUT2D eigenvalue weighted by molar-refractivity contribution is 6.31. The molecule has 1 atom stereocenters. The lowest BCUT2D eigenvalue weighted by molar-refractivity contribution is -0.113. The summed E-state index contributed by atoms with van der Waals surface area (Å²) in [6, 6.07) is 23.5. The topological polar surface area (TPSA) is 88.0 Å². The van der Waals surface area contributed by atoms with E-state index in [-0.39, 0.29) is 11.8 Å². The van der Waals surface area contributed by atoms with Gasteiger partial charge in [0.2, 0.25) is 0 Å². The van der Waals surface area contributed by atoms with Gasteiger partial charge in [0, 0.05) is 27.7 Å². The quantitative estimate of drug-likeness (QED) is 0.314. The molecule has 1 aliphatic rings. The zero-order chi connectivity index (χ0) is 25.2. The van der Waals surface area contributed by atoms with Gasteiger partial charge in [0.05, 0.1) is 11.8 Å². The largest absolute Gasteiger partial charge is 0.343 e. The molecule has 8 heteroatoms. The molecule has 0 unspecified atom stereocenters. The first-order valence-electron chi connectivity index (χ1n) is 11.5. The molecule has 1 aromatic heterocycles. The van der Waals surface area contributed by atoms with Gasteiger partial charge in [-0.2, -0.15) is 5.10 Å². The Labute approximate surface area is 213 Å². The molecule has 5 rings (SSSR count). The first kappa shape index (κ1) is 23.4. The molecule has 0 bridgehead atoms. The van der Waals surface area contributed by atoms with Crippen LogP contribution in [0.5, 0.6) is 0 Å². The van der Waals surface area contributed by atoms with E-state index in [1.807, 2.05) is 86.6 Å². The van der Waals surface area contributed by atoms with Gasteiger partial charge in [0.15, 0.2) is 0 Å². The Morgan fingerprint density at radius 3 is 2.22 bits per heavy atom. The fourth-order valence-corrected chi connectivity index (χ4v) is 4.49. The minimum atomic E-state index is -0.639. The molecule has 1 aliphatic heterocycles. The summed E-state index contributed by atoms with van der Waals surface area (Å²) in [5.74, 6) is -0.114. The van der Waals surface area contributed by atoms with Crippen LogP contribution in [0.25, 0.3) is 0 Å². The van der Waals surface area contributed by atoms with Crippen LogP contribution >= 0.6 is 11.6 Å². The second-order valence-electron chi connectivity index (χ2n) is 8.58. The van der Waals surface area contributed by atoms with Gasteiger partial charge in [-0.25, -0.2) is 4.68 Å². The Hall–Kier alpha value is -4.36. The van der Waals surface area contributed by atoms with Crippen molar-refractivity contribution in [3.05, 3.63) is 118 Å². The van der Waals surface area contributed by atoms with Crippen LogP contribution in [0.4, 0.5) is 17.2 Å². The summed E-state index contributed by atoms with van der Waals surface area (Å²) in [4.78, 5) is 26.7. The smallest absolute Gasteiger partial charge is 0.261 e. The lowest BCUT2D eigenvalue weighted by Crippen LogP contribution is -2.32. The summed E-state index contributed by atoms with van der Waals surface area (Å²) in [5, 5.41) is 14.1. The van der Waals surface area contributed by atoms with Crippen LogP contribution in [-0.4, -0.2) is 21.6 Å². The van der Waals surface area contributed by atoms with Gasteiger partial charge in [-0.15, -0.1) is 0 Å². The van der Waals surface area contributed by atoms with E-state index in [4.69, 9.17) is 11.6 Å². The molecule has 3 N–H and O–H groups in total. The number of fused-ring (bicyclic) bond motifs is 1. The zero-order valence-corrected chi connectivity index (χ0v) is 20.5. The molecule has 4 aromatic rings. The SMILES string of the molecule is CC1=C(C(=O)Nc2ccccc2)[C@@H](c2ccccc2Cl)n2ncc(C(=O)Nc3ccc(C)cc3)c2N1. The Balaban J connectivity index is 1.55. The van der Waals surface area contributed by atoms with Crippen LogP contribution in [0.15, 0.2) is 96.3 Å². The third-order valence-corrected chi connectivity index (χ3v) is 6.40. The molecular formula is C28H24ClN5O2. The Morgan fingerprint density at radius 1 is 0.861 bits per heavy atom. The molecule has 0 saturated heterocycles. The number of halogens is 1. The minimum Gasteiger partial charge on any atom is -0.343 e. The molecule has 180 valence electrons. The second kappa shape index (κ2) is 9.71. The van der Waals surface area contributed by atoms with Crippen molar-refractivity contribution in [3.8, 4) is 0 Å². The molecule has 0 saturated carbocycles. The number of benzene rings is 3. The van der Waals surface area contributed by atoms with Gasteiger partial charge in [-0.1, -0.05) is 65.7 Å². The molecule has 0 radical (unpaired) electrons. The number of allylic oxidation sites excluding steroid dienone is 1. The number of carbonyl (C=O) groups excluding carboxylic acids is 2. The molecular weight excluding hydrogens is 474 g/mol. The van der Waals surface area contributed by atoms with Gasteiger partial charge in [0.25, 0.3) is 11.8 Å². The van der Waals surface area contributed by atoms with Gasteiger partial charge in [-0.3, -0.25) is 9.59 Å². The van der Waals surface area contributed by atoms with Crippen molar-refractivity contribution in [1.82, 2.24) is 9.78 Å². The summed E-state index contributed by atoms with van der Waals surface area (Å²) in [6.07, 6.45) is 1.50. The Bertz CT molecular complexity index is 1480. The van der Waals surface area contributed by atoms with Gasteiger partial charge in [-0.05, 0) is 44.2 Å². The van der Waals surface area contributed by atoms with Crippen LogP contribution in [0.3, 0.4) is 0 Å². The van der Waals surface area contributed by atoms with Crippen LogP contribution < -0.4 is 16.0 Å². The van der Waals surface area contributed by atoms with Crippen LogP contribution in [-0.2, 0) is 4.79 Å². The molecule has 2 heterocycles. The molecule has 2 amide bonds. The lowest BCUT2D eigenvalue weighted by atomic mass is 9.94. The number of para-hydroxylation sites is 1. The fraction of sp³-hybridized carbons (Fsp3) is 0.107. The van der Waals surface area contributed by atoms with Crippen molar-refractivity contribution in [3.63, 3.8) is 0 Å². The number of nitrogens with one attached hydrogen (secondary N) is 3. The first-order valence-corrected chi connectivity index (χ1v) is 11.8. The van der Waals surface area contributed by atoms with E-state index in [0.29, 0.717) is 44.6 Å². The summed E-state index contributed by atoms with van der Waals surface area (Å²) in [7, 11) is 0. The maximum absolute atomic E-state index is 13.5. The first-order chi connectivity index (χ1) is 17.4. The number of aryl methyl sites for hydroxylation is 1. The van der Waals surface area contributed by atoms with Crippen molar-refractivity contribution in [1.29, 1.82) is 0 Å². The predicted molar refractivity (Wildman–Crippen MR) is 142 cm³/mol. The third-order valence-electron chi connectivity index (χ3n) is 6.05. The van der Waals surface area contributed by atoms with E-state index in [1.165, 1.54) is 6.20 Å². The number of nitrogens with zero attached hydrogens (tertiary/aromatic N) is 2. The second-order valence-corrected chi connectivity index (χ2v) is 8.99. The van der Waals surface area contributed by atoms with Gasteiger partial charge < -0.3 is 16.0 Å². The lowest BCUT2D eigenvalue weighted by Gasteiger charge is -2.30. The summed E-state index contributed by atoms with van der Waals surface area (Å²) < 4.78 is 1.64. The molecule has 36 heavy (non-hydrogen) atoms. The zero-order valence-electron chi connectivity index (χ0n) is 19.7. The highest BCUT2D eigenvalue weighted by Crippen LogP contribution is 2.40. The average molecular weight is 498 g/mol. The molecule has 0 aliphatic carbocycles.